The molecule has 1 aliphatic heterocycles. The summed E-state index contributed by atoms with van der Waals surface area (Å²) in [5.41, 5.74) is 5.70. The maximum absolute atomic E-state index is 11.4. The third-order valence-electron chi connectivity index (χ3n) is 3.39. The Kier molecular flexibility index (Phi) is 4.37. The Morgan fingerprint density at radius 3 is 2.50 bits per heavy atom. The molecule has 96 valence electrons. The van der Waals surface area contributed by atoms with Crippen LogP contribution in [0.1, 0.15) is 33.6 Å². The fourth-order valence-corrected chi connectivity index (χ4v) is 4.15. The van der Waals surface area contributed by atoms with E-state index in [4.69, 9.17) is 5.73 Å². The molecule has 5 heteroatoms. The third kappa shape index (κ3) is 4.03. The second kappa shape index (κ2) is 5.02. The zero-order valence-corrected chi connectivity index (χ0v) is 11.3. The van der Waals surface area contributed by atoms with Gasteiger partial charge in [-0.2, -0.15) is 0 Å². The summed E-state index contributed by atoms with van der Waals surface area (Å²) in [7, 11) is -2.81. The summed E-state index contributed by atoms with van der Waals surface area (Å²) in [4.78, 5) is 0. The number of hydrogen-bond donors (Lipinski definition) is 2. The first-order chi connectivity index (χ1) is 7.24. The Bertz CT molecular complexity index is 327. The molecule has 0 aromatic carbocycles. The summed E-state index contributed by atoms with van der Waals surface area (Å²) >= 11 is 0. The fourth-order valence-electron chi connectivity index (χ4n) is 2.02. The molecular weight excluding hydrogens is 224 g/mol. The summed E-state index contributed by atoms with van der Waals surface area (Å²) in [6, 6.07) is 0.189. The summed E-state index contributed by atoms with van der Waals surface area (Å²) < 4.78 is 22.8. The van der Waals surface area contributed by atoms with Crippen LogP contribution in [0.2, 0.25) is 0 Å². The second-order valence-electron chi connectivity index (χ2n) is 5.53. The van der Waals surface area contributed by atoms with Crippen LogP contribution in [0.25, 0.3) is 0 Å². The smallest absolute Gasteiger partial charge is 0.152 e. The topological polar surface area (TPSA) is 72.2 Å². The van der Waals surface area contributed by atoms with Gasteiger partial charge in [0.25, 0.3) is 0 Å². The summed E-state index contributed by atoms with van der Waals surface area (Å²) in [5, 5.41) is 3.34. The van der Waals surface area contributed by atoms with Crippen molar-refractivity contribution in [2.75, 3.05) is 18.1 Å². The summed E-state index contributed by atoms with van der Waals surface area (Å²) in [6.07, 6.45) is 1.61. The highest BCUT2D eigenvalue weighted by Gasteiger charge is 2.37. The van der Waals surface area contributed by atoms with Crippen molar-refractivity contribution in [2.45, 2.75) is 45.2 Å². The highest BCUT2D eigenvalue weighted by molar-refractivity contribution is 7.91. The first kappa shape index (κ1) is 13.9. The second-order valence-corrected chi connectivity index (χ2v) is 7.71. The largest absolute Gasteiger partial charge is 0.327 e. The van der Waals surface area contributed by atoms with E-state index in [1.165, 1.54) is 0 Å². The number of sulfone groups is 1. The molecule has 1 rings (SSSR count). The zero-order chi connectivity index (χ0) is 12.4. The van der Waals surface area contributed by atoms with Crippen LogP contribution in [0, 0.1) is 5.92 Å². The van der Waals surface area contributed by atoms with E-state index in [9.17, 15) is 8.42 Å². The minimum Gasteiger partial charge on any atom is -0.327 e. The van der Waals surface area contributed by atoms with Gasteiger partial charge in [0.05, 0.1) is 11.5 Å². The van der Waals surface area contributed by atoms with Gasteiger partial charge in [-0.15, -0.1) is 0 Å². The Morgan fingerprint density at radius 1 is 1.44 bits per heavy atom. The van der Waals surface area contributed by atoms with Gasteiger partial charge < -0.3 is 11.1 Å². The van der Waals surface area contributed by atoms with Crippen LogP contribution in [0.5, 0.6) is 0 Å². The Morgan fingerprint density at radius 2 is 2.06 bits per heavy atom. The van der Waals surface area contributed by atoms with E-state index in [2.05, 4.69) is 19.2 Å². The van der Waals surface area contributed by atoms with Gasteiger partial charge in [0.1, 0.15) is 0 Å². The first-order valence-corrected chi connectivity index (χ1v) is 7.77. The van der Waals surface area contributed by atoms with Crippen LogP contribution in [0.15, 0.2) is 0 Å². The molecule has 1 heterocycles. The van der Waals surface area contributed by atoms with E-state index in [0.717, 1.165) is 13.0 Å². The molecule has 0 spiro atoms. The lowest BCUT2D eigenvalue weighted by atomic mass is 9.99. The molecular formula is C11H24N2O2S. The molecule has 0 radical (unpaired) electrons. The predicted octanol–water partition coefficient (Wildman–Crippen LogP) is 0.527. The molecule has 4 nitrogen and oxygen atoms in total. The zero-order valence-electron chi connectivity index (χ0n) is 10.5. The van der Waals surface area contributed by atoms with Crippen molar-refractivity contribution in [3.05, 3.63) is 0 Å². The minimum absolute atomic E-state index is 0.189. The molecule has 3 N–H and O–H groups in total. The van der Waals surface area contributed by atoms with Crippen LogP contribution in [0.4, 0.5) is 0 Å². The molecule has 1 aliphatic rings. The van der Waals surface area contributed by atoms with Crippen LogP contribution in [0.3, 0.4) is 0 Å². The van der Waals surface area contributed by atoms with Gasteiger partial charge in [-0.1, -0.05) is 13.8 Å². The standard InChI is InChI=1S/C11H24N2O2S/c1-9(2)10(12)4-6-13-11(3)5-7-16(14,15)8-11/h9-10,13H,4-8,12H2,1-3H3. The highest BCUT2D eigenvalue weighted by atomic mass is 32.2. The van der Waals surface area contributed by atoms with Gasteiger partial charge >= 0.3 is 0 Å². The predicted molar refractivity (Wildman–Crippen MR) is 67.1 cm³/mol. The SMILES string of the molecule is CC(C)C(N)CCNC1(C)CCS(=O)(=O)C1. The third-order valence-corrected chi connectivity index (χ3v) is 5.29. The lowest BCUT2D eigenvalue weighted by Gasteiger charge is -2.25. The van der Waals surface area contributed by atoms with Gasteiger partial charge in [-0.3, -0.25) is 0 Å². The van der Waals surface area contributed by atoms with E-state index in [1.54, 1.807) is 0 Å². The summed E-state index contributed by atoms with van der Waals surface area (Å²) in [5.74, 6) is 1.05. The molecule has 0 aliphatic carbocycles. The van der Waals surface area contributed by atoms with Crippen molar-refractivity contribution in [1.82, 2.24) is 5.32 Å². The van der Waals surface area contributed by atoms with Crippen molar-refractivity contribution < 1.29 is 8.42 Å². The van der Waals surface area contributed by atoms with Gasteiger partial charge in [0, 0.05) is 11.6 Å². The summed E-state index contributed by atoms with van der Waals surface area (Å²) in [6.45, 7) is 6.99. The molecule has 0 amide bonds. The first-order valence-electron chi connectivity index (χ1n) is 5.95. The number of nitrogens with one attached hydrogen (secondary N) is 1. The normalized spacial score (nSPS) is 30.8. The molecule has 1 fully saturated rings. The monoisotopic (exact) mass is 248 g/mol. The van der Waals surface area contributed by atoms with Gasteiger partial charge in [0.2, 0.25) is 0 Å². The van der Waals surface area contributed by atoms with Crippen LogP contribution < -0.4 is 11.1 Å². The van der Waals surface area contributed by atoms with Gasteiger partial charge in [-0.25, -0.2) is 8.42 Å². The molecule has 2 atom stereocenters. The maximum atomic E-state index is 11.4. The Balaban J connectivity index is 2.34. The van der Waals surface area contributed by atoms with Crippen LogP contribution >= 0.6 is 0 Å². The van der Waals surface area contributed by atoms with Crippen LogP contribution in [-0.2, 0) is 9.84 Å². The maximum Gasteiger partial charge on any atom is 0.152 e. The average Bonchev–Trinajstić information content (AvgIpc) is 2.40. The molecule has 2 unspecified atom stereocenters. The number of rotatable bonds is 5. The lowest BCUT2D eigenvalue weighted by Crippen LogP contribution is -2.45. The number of hydrogen-bond acceptors (Lipinski definition) is 4. The fraction of sp³-hybridized carbons (Fsp3) is 1.00. The van der Waals surface area contributed by atoms with Gasteiger partial charge in [-0.05, 0) is 32.2 Å². The quantitative estimate of drug-likeness (QED) is 0.744. The van der Waals surface area contributed by atoms with E-state index in [0.29, 0.717) is 18.1 Å². The highest BCUT2D eigenvalue weighted by Crippen LogP contribution is 2.22. The Hall–Kier alpha value is -0.130. The molecule has 0 bridgehead atoms. The van der Waals surface area contributed by atoms with E-state index in [1.807, 2.05) is 6.92 Å². The average molecular weight is 248 g/mol. The van der Waals surface area contributed by atoms with E-state index < -0.39 is 9.84 Å². The van der Waals surface area contributed by atoms with Gasteiger partial charge in [0.15, 0.2) is 9.84 Å². The van der Waals surface area contributed by atoms with Crippen LogP contribution in [-0.4, -0.2) is 38.0 Å². The van der Waals surface area contributed by atoms with Crippen molar-refractivity contribution in [3.8, 4) is 0 Å². The molecule has 0 aromatic heterocycles. The van der Waals surface area contributed by atoms with Crippen molar-refractivity contribution >= 4 is 9.84 Å². The van der Waals surface area contributed by atoms with Crippen molar-refractivity contribution in [2.24, 2.45) is 11.7 Å². The lowest BCUT2D eigenvalue weighted by molar-refractivity contribution is 0.367. The van der Waals surface area contributed by atoms with Crippen molar-refractivity contribution in [3.63, 3.8) is 0 Å². The van der Waals surface area contributed by atoms with E-state index >= 15 is 0 Å². The Labute approximate surface area is 98.9 Å². The molecule has 0 saturated carbocycles. The molecule has 0 aromatic rings. The van der Waals surface area contributed by atoms with Crippen molar-refractivity contribution in [1.29, 1.82) is 0 Å². The number of nitrogens with two attached hydrogens (primary N) is 1. The minimum atomic E-state index is -2.81. The van der Waals surface area contributed by atoms with E-state index in [-0.39, 0.29) is 17.3 Å². The molecule has 16 heavy (non-hydrogen) atoms. The molecule has 1 saturated heterocycles.